The van der Waals surface area contributed by atoms with Gasteiger partial charge in [-0.1, -0.05) is 23.7 Å². The van der Waals surface area contributed by atoms with E-state index in [-0.39, 0.29) is 24.5 Å². The molecule has 192 valence electrons. The number of nitrogens with zero attached hydrogens (tertiary/aromatic N) is 4. The number of carbonyl (C=O) groups is 3. The van der Waals surface area contributed by atoms with Gasteiger partial charge >= 0.3 is 0 Å². The Bertz CT molecular complexity index is 1530. The van der Waals surface area contributed by atoms with Crippen LogP contribution in [0.1, 0.15) is 46.4 Å². The molecule has 3 aromatic heterocycles. The Morgan fingerprint density at radius 2 is 1.68 bits per heavy atom. The van der Waals surface area contributed by atoms with E-state index >= 15 is 0 Å². The molecule has 0 radical (unpaired) electrons. The molecule has 4 aromatic rings. The average molecular weight is 530 g/mol. The van der Waals surface area contributed by atoms with E-state index in [0.29, 0.717) is 27.9 Å². The van der Waals surface area contributed by atoms with Crippen LogP contribution in [0.25, 0.3) is 22.3 Å². The number of fused-ring (bicyclic) bond motifs is 2. The summed E-state index contributed by atoms with van der Waals surface area (Å²) in [5.74, 6) is -0.757. The first kappa shape index (κ1) is 24.1. The van der Waals surface area contributed by atoms with Crippen LogP contribution in [-0.2, 0) is 4.79 Å². The van der Waals surface area contributed by atoms with Gasteiger partial charge in [0.2, 0.25) is 11.9 Å². The number of pyridine rings is 1. The number of carbonyl (C=O) groups excluding carboxylic acids is 3. The molecule has 2 aliphatic rings. The number of aromatic amines is 1. The van der Waals surface area contributed by atoms with Crippen molar-refractivity contribution >= 4 is 46.3 Å². The Hall–Kier alpha value is -4.31. The molecular formula is C27H24ClN7O3. The summed E-state index contributed by atoms with van der Waals surface area (Å²) in [7, 11) is 0. The average Bonchev–Trinajstić information content (AvgIpc) is 3.45. The van der Waals surface area contributed by atoms with E-state index in [2.05, 4.69) is 30.6 Å². The van der Waals surface area contributed by atoms with Crippen LogP contribution >= 0.6 is 11.6 Å². The standard InChI is InChI=1S/C27H24ClN7O3/c28-22-12-21(20-13-30-24-17(20)6-3-11-29-24)33-27(34-22)32-16-9-7-15(8-10-16)31-23(36)14-35-25(37)18-4-1-2-5-19(18)26(35)38/h1-6,11-13,15-16H,7-10,14H2,(H,29,30)(H,31,36)(H,32,33,34)/t15-,16-. The van der Waals surface area contributed by atoms with E-state index in [4.69, 9.17) is 11.6 Å². The molecule has 3 N–H and O–H groups in total. The van der Waals surface area contributed by atoms with Crippen LogP contribution in [0.3, 0.4) is 0 Å². The number of nitrogens with one attached hydrogen (secondary N) is 3. The van der Waals surface area contributed by atoms with Gasteiger partial charge in [0, 0.05) is 41.5 Å². The van der Waals surface area contributed by atoms with Crippen LogP contribution in [0.5, 0.6) is 0 Å². The predicted octanol–water partition coefficient (Wildman–Crippen LogP) is 3.81. The molecular weight excluding hydrogens is 506 g/mol. The first-order valence-electron chi connectivity index (χ1n) is 12.4. The van der Waals surface area contributed by atoms with Crippen molar-refractivity contribution in [3.05, 3.63) is 71.1 Å². The Morgan fingerprint density at radius 3 is 2.42 bits per heavy atom. The largest absolute Gasteiger partial charge is 0.352 e. The van der Waals surface area contributed by atoms with Crippen molar-refractivity contribution in [2.75, 3.05) is 11.9 Å². The quantitative estimate of drug-likeness (QED) is 0.255. The maximum Gasteiger partial charge on any atom is 0.262 e. The number of H-pyrrole nitrogens is 1. The van der Waals surface area contributed by atoms with Gasteiger partial charge in [0.05, 0.1) is 16.8 Å². The SMILES string of the molecule is O=C(CN1C(=O)c2ccccc2C1=O)N[C@H]1CC[C@H](Nc2nc(Cl)cc(-c3c[nH]c4ncccc34)n2)CC1. The van der Waals surface area contributed by atoms with Gasteiger partial charge in [0.25, 0.3) is 11.8 Å². The van der Waals surface area contributed by atoms with Gasteiger partial charge in [0.15, 0.2) is 0 Å². The van der Waals surface area contributed by atoms with E-state index in [0.717, 1.165) is 47.2 Å². The van der Waals surface area contributed by atoms with Gasteiger partial charge in [-0.3, -0.25) is 19.3 Å². The summed E-state index contributed by atoms with van der Waals surface area (Å²) in [6.45, 7) is -0.285. The minimum Gasteiger partial charge on any atom is -0.352 e. The van der Waals surface area contributed by atoms with Crippen molar-refractivity contribution in [3.63, 3.8) is 0 Å². The van der Waals surface area contributed by atoms with E-state index in [1.807, 2.05) is 18.3 Å². The fraction of sp³-hybridized carbons (Fsp3) is 0.259. The number of benzene rings is 1. The third kappa shape index (κ3) is 4.58. The van der Waals surface area contributed by atoms with Gasteiger partial charge in [-0.2, -0.15) is 0 Å². The minimum absolute atomic E-state index is 0.0368. The molecule has 0 spiro atoms. The minimum atomic E-state index is -0.432. The Morgan fingerprint density at radius 1 is 0.974 bits per heavy atom. The number of hydrogen-bond acceptors (Lipinski definition) is 7. The van der Waals surface area contributed by atoms with E-state index in [1.54, 1.807) is 36.5 Å². The number of amides is 3. The number of halogens is 1. The monoisotopic (exact) mass is 529 g/mol. The summed E-state index contributed by atoms with van der Waals surface area (Å²) in [6.07, 6.45) is 6.66. The van der Waals surface area contributed by atoms with E-state index < -0.39 is 11.8 Å². The lowest BCUT2D eigenvalue weighted by molar-refractivity contribution is -0.122. The zero-order valence-electron chi connectivity index (χ0n) is 20.3. The fourth-order valence-electron chi connectivity index (χ4n) is 5.15. The summed E-state index contributed by atoms with van der Waals surface area (Å²) >= 11 is 6.32. The molecule has 1 aliphatic carbocycles. The second-order valence-electron chi connectivity index (χ2n) is 9.50. The van der Waals surface area contributed by atoms with Crippen molar-refractivity contribution in [1.82, 2.24) is 30.2 Å². The molecule has 1 aliphatic heterocycles. The first-order valence-corrected chi connectivity index (χ1v) is 12.8. The molecule has 6 rings (SSSR count). The zero-order valence-corrected chi connectivity index (χ0v) is 21.0. The predicted molar refractivity (Wildman–Crippen MR) is 142 cm³/mol. The van der Waals surface area contributed by atoms with Crippen molar-refractivity contribution in [2.45, 2.75) is 37.8 Å². The summed E-state index contributed by atoms with van der Waals surface area (Å²) in [5.41, 5.74) is 3.04. The Balaban J connectivity index is 1.04. The third-order valence-corrected chi connectivity index (χ3v) is 7.22. The molecule has 0 unspecified atom stereocenters. The molecule has 0 saturated heterocycles. The number of aromatic nitrogens is 4. The van der Waals surface area contributed by atoms with Gasteiger partial charge < -0.3 is 15.6 Å². The van der Waals surface area contributed by atoms with Crippen molar-refractivity contribution in [3.8, 4) is 11.3 Å². The molecule has 11 heteroatoms. The highest BCUT2D eigenvalue weighted by Crippen LogP contribution is 2.29. The van der Waals surface area contributed by atoms with Crippen LogP contribution in [0.4, 0.5) is 5.95 Å². The maximum atomic E-state index is 12.6. The summed E-state index contributed by atoms with van der Waals surface area (Å²) in [4.78, 5) is 55.2. The molecule has 1 saturated carbocycles. The van der Waals surface area contributed by atoms with E-state index in [1.165, 1.54) is 0 Å². The first-order chi connectivity index (χ1) is 18.5. The maximum absolute atomic E-state index is 12.6. The Labute approximate surface area is 222 Å². The lowest BCUT2D eigenvalue weighted by Gasteiger charge is -2.30. The molecule has 4 heterocycles. The van der Waals surface area contributed by atoms with Crippen LogP contribution < -0.4 is 10.6 Å². The lowest BCUT2D eigenvalue weighted by atomic mass is 9.91. The zero-order chi connectivity index (χ0) is 26.2. The second-order valence-corrected chi connectivity index (χ2v) is 9.89. The van der Waals surface area contributed by atoms with E-state index in [9.17, 15) is 14.4 Å². The Kier molecular flexibility index (Phi) is 6.24. The highest BCUT2D eigenvalue weighted by Gasteiger charge is 2.36. The smallest absolute Gasteiger partial charge is 0.262 e. The topological polar surface area (TPSA) is 133 Å². The van der Waals surface area contributed by atoms with Gasteiger partial charge in [-0.25, -0.2) is 15.0 Å². The molecule has 0 bridgehead atoms. The van der Waals surface area contributed by atoms with Crippen molar-refractivity contribution in [1.29, 1.82) is 0 Å². The highest BCUT2D eigenvalue weighted by atomic mass is 35.5. The molecule has 3 amide bonds. The van der Waals surface area contributed by atoms with Crippen molar-refractivity contribution < 1.29 is 14.4 Å². The number of hydrogen-bond donors (Lipinski definition) is 3. The summed E-state index contributed by atoms with van der Waals surface area (Å²) in [6, 6.07) is 12.3. The molecule has 0 atom stereocenters. The lowest BCUT2D eigenvalue weighted by Crippen LogP contribution is -2.46. The third-order valence-electron chi connectivity index (χ3n) is 7.03. The number of rotatable bonds is 6. The van der Waals surface area contributed by atoms with Gasteiger partial charge in [-0.05, 0) is 49.9 Å². The molecule has 38 heavy (non-hydrogen) atoms. The summed E-state index contributed by atoms with van der Waals surface area (Å²) < 4.78 is 0. The molecule has 1 aromatic carbocycles. The fourth-order valence-corrected chi connectivity index (χ4v) is 5.34. The normalized spacial score (nSPS) is 19.0. The van der Waals surface area contributed by atoms with Crippen LogP contribution in [-0.4, -0.2) is 61.2 Å². The molecule has 1 fully saturated rings. The van der Waals surface area contributed by atoms with Gasteiger partial charge in [-0.15, -0.1) is 0 Å². The number of imide groups is 1. The van der Waals surface area contributed by atoms with Crippen LogP contribution in [0, 0.1) is 0 Å². The van der Waals surface area contributed by atoms with Gasteiger partial charge in [0.1, 0.15) is 17.3 Å². The van der Waals surface area contributed by atoms with Crippen LogP contribution in [0.15, 0.2) is 54.9 Å². The van der Waals surface area contributed by atoms with Crippen molar-refractivity contribution in [2.24, 2.45) is 0 Å². The second kappa shape index (κ2) is 9.86. The van der Waals surface area contributed by atoms with Crippen LogP contribution in [0.2, 0.25) is 5.15 Å². The number of anilines is 1. The summed E-state index contributed by atoms with van der Waals surface area (Å²) in [5, 5.41) is 7.65. The molecule has 10 nitrogen and oxygen atoms in total. The highest BCUT2D eigenvalue weighted by molar-refractivity contribution is 6.29.